The average molecular weight is 307 g/mol. The summed E-state index contributed by atoms with van der Waals surface area (Å²) in [5.41, 5.74) is 1.81. The summed E-state index contributed by atoms with van der Waals surface area (Å²) in [6, 6.07) is 13.2. The van der Waals surface area contributed by atoms with Crippen molar-refractivity contribution in [2.75, 3.05) is 5.32 Å². The Kier molecular flexibility index (Phi) is 4.25. The first-order valence-electron chi connectivity index (χ1n) is 5.99. The average Bonchev–Trinajstić information content (AvgIpc) is 2.38. The van der Waals surface area contributed by atoms with Crippen molar-refractivity contribution in [3.05, 3.63) is 48.5 Å². The van der Waals surface area contributed by atoms with Gasteiger partial charge in [-0.2, -0.15) is 8.42 Å². The molecule has 0 aromatic heterocycles. The molecule has 0 saturated heterocycles. The van der Waals surface area contributed by atoms with Crippen LogP contribution in [-0.4, -0.2) is 18.9 Å². The summed E-state index contributed by atoms with van der Waals surface area (Å²) in [5.74, 6) is -0.162. The SMILES string of the molecule is CC(=O)Nc1ccc(-c2ccccc2OS(=O)(=O)O)cc1. The van der Waals surface area contributed by atoms with Crippen LogP contribution in [0.25, 0.3) is 11.1 Å². The highest BCUT2D eigenvalue weighted by Gasteiger charge is 2.12. The number of benzene rings is 2. The summed E-state index contributed by atoms with van der Waals surface area (Å²) in [6.07, 6.45) is 0. The van der Waals surface area contributed by atoms with Crippen molar-refractivity contribution in [1.29, 1.82) is 0 Å². The molecular formula is C14H13NO5S. The monoisotopic (exact) mass is 307 g/mol. The van der Waals surface area contributed by atoms with Gasteiger partial charge in [-0.05, 0) is 23.8 Å². The maximum Gasteiger partial charge on any atom is 0.446 e. The molecule has 0 spiro atoms. The molecular weight excluding hydrogens is 294 g/mol. The minimum atomic E-state index is -4.59. The Bertz CT molecular complexity index is 753. The number of anilines is 1. The van der Waals surface area contributed by atoms with Gasteiger partial charge in [0.1, 0.15) is 0 Å². The van der Waals surface area contributed by atoms with Gasteiger partial charge in [0.05, 0.1) is 0 Å². The second kappa shape index (κ2) is 5.94. The molecule has 2 aromatic rings. The Morgan fingerprint density at radius 2 is 1.71 bits per heavy atom. The van der Waals surface area contributed by atoms with Crippen LogP contribution in [0, 0.1) is 0 Å². The van der Waals surface area contributed by atoms with E-state index in [-0.39, 0.29) is 11.7 Å². The summed E-state index contributed by atoms with van der Waals surface area (Å²) in [5, 5.41) is 2.63. The van der Waals surface area contributed by atoms with Crippen molar-refractivity contribution < 1.29 is 21.9 Å². The van der Waals surface area contributed by atoms with E-state index in [9.17, 15) is 13.2 Å². The standard InChI is InChI=1S/C14H13NO5S/c1-10(16)15-12-8-6-11(7-9-12)13-4-2-3-5-14(13)20-21(17,18)19/h2-9H,1H3,(H,15,16)(H,17,18,19). The molecule has 6 nitrogen and oxygen atoms in total. The largest absolute Gasteiger partial charge is 0.446 e. The van der Waals surface area contributed by atoms with E-state index in [1.807, 2.05) is 0 Å². The van der Waals surface area contributed by atoms with Gasteiger partial charge in [0.2, 0.25) is 5.91 Å². The molecule has 0 radical (unpaired) electrons. The van der Waals surface area contributed by atoms with Crippen molar-refractivity contribution in [1.82, 2.24) is 0 Å². The lowest BCUT2D eigenvalue weighted by atomic mass is 10.0. The predicted octanol–water partition coefficient (Wildman–Crippen LogP) is 2.49. The van der Waals surface area contributed by atoms with Gasteiger partial charge >= 0.3 is 10.4 Å². The van der Waals surface area contributed by atoms with Crippen LogP contribution >= 0.6 is 0 Å². The number of nitrogens with one attached hydrogen (secondary N) is 1. The van der Waals surface area contributed by atoms with E-state index in [1.54, 1.807) is 42.5 Å². The third-order valence-electron chi connectivity index (χ3n) is 2.60. The molecule has 0 aliphatic carbocycles. The van der Waals surface area contributed by atoms with Crippen LogP contribution < -0.4 is 9.50 Å². The van der Waals surface area contributed by atoms with E-state index in [1.165, 1.54) is 13.0 Å². The van der Waals surface area contributed by atoms with Crippen molar-refractivity contribution >= 4 is 22.0 Å². The molecule has 7 heteroatoms. The fraction of sp³-hybridized carbons (Fsp3) is 0.0714. The smallest absolute Gasteiger partial charge is 0.361 e. The molecule has 0 unspecified atom stereocenters. The quantitative estimate of drug-likeness (QED) is 0.847. The Hall–Kier alpha value is -2.38. The Labute approximate surface area is 122 Å². The van der Waals surface area contributed by atoms with E-state index in [4.69, 9.17) is 4.55 Å². The topological polar surface area (TPSA) is 92.7 Å². The summed E-state index contributed by atoms with van der Waals surface area (Å²) in [7, 11) is -4.59. The molecule has 0 saturated carbocycles. The summed E-state index contributed by atoms with van der Waals surface area (Å²) in [6.45, 7) is 1.41. The Morgan fingerprint density at radius 1 is 1.10 bits per heavy atom. The highest BCUT2D eigenvalue weighted by Crippen LogP contribution is 2.31. The zero-order chi connectivity index (χ0) is 15.5. The van der Waals surface area contributed by atoms with Crippen molar-refractivity contribution in [3.63, 3.8) is 0 Å². The van der Waals surface area contributed by atoms with Crippen molar-refractivity contribution in [2.24, 2.45) is 0 Å². The van der Waals surface area contributed by atoms with Crippen molar-refractivity contribution in [2.45, 2.75) is 6.92 Å². The zero-order valence-electron chi connectivity index (χ0n) is 11.1. The Morgan fingerprint density at radius 3 is 2.29 bits per heavy atom. The molecule has 0 atom stereocenters. The maximum atomic E-state index is 11.0. The van der Waals surface area contributed by atoms with E-state index >= 15 is 0 Å². The number of rotatable bonds is 4. The van der Waals surface area contributed by atoms with Crippen LogP contribution in [0.5, 0.6) is 5.75 Å². The highest BCUT2D eigenvalue weighted by molar-refractivity contribution is 7.81. The number of hydrogen-bond acceptors (Lipinski definition) is 4. The van der Waals surface area contributed by atoms with Gasteiger partial charge in [0, 0.05) is 18.2 Å². The van der Waals surface area contributed by atoms with Gasteiger partial charge < -0.3 is 9.50 Å². The number of carbonyl (C=O) groups is 1. The number of hydrogen-bond donors (Lipinski definition) is 2. The van der Waals surface area contributed by atoms with E-state index in [2.05, 4.69) is 9.50 Å². The normalized spacial score (nSPS) is 11.0. The van der Waals surface area contributed by atoms with Crippen LogP contribution in [0.4, 0.5) is 5.69 Å². The van der Waals surface area contributed by atoms with Gasteiger partial charge in [-0.15, -0.1) is 0 Å². The molecule has 0 heterocycles. The van der Waals surface area contributed by atoms with E-state index in [0.29, 0.717) is 16.8 Å². The lowest BCUT2D eigenvalue weighted by molar-refractivity contribution is -0.114. The molecule has 1 amide bonds. The highest BCUT2D eigenvalue weighted by atomic mass is 32.3. The summed E-state index contributed by atoms with van der Waals surface area (Å²) >= 11 is 0. The van der Waals surface area contributed by atoms with E-state index in [0.717, 1.165) is 0 Å². The minimum absolute atomic E-state index is 0.0206. The Balaban J connectivity index is 2.36. The molecule has 2 aromatic carbocycles. The lowest BCUT2D eigenvalue weighted by Crippen LogP contribution is -2.07. The van der Waals surface area contributed by atoms with E-state index < -0.39 is 10.4 Å². The van der Waals surface area contributed by atoms with Crippen LogP contribution in [0.1, 0.15) is 6.92 Å². The number of para-hydroxylation sites is 1. The van der Waals surface area contributed by atoms with Crippen LogP contribution in [0.15, 0.2) is 48.5 Å². The minimum Gasteiger partial charge on any atom is -0.361 e. The fourth-order valence-corrected chi connectivity index (χ4v) is 2.20. The first-order valence-corrected chi connectivity index (χ1v) is 7.35. The van der Waals surface area contributed by atoms with Gasteiger partial charge in [0.25, 0.3) is 0 Å². The summed E-state index contributed by atoms with van der Waals surface area (Å²) < 4.78 is 35.0. The molecule has 0 fully saturated rings. The first-order chi connectivity index (χ1) is 9.85. The number of carbonyl (C=O) groups excluding carboxylic acids is 1. The van der Waals surface area contributed by atoms with Crippen molar-refractivity contribution in [3.8, 4) is 16.9 Å². The number of amides is 1. The van der Waals surface area contributed by atoms with Crippen LogP contribution in [0.2, 0.25) is 0 Å². The molecule has 0 bridgehead atoms. The third kappa shape index (κ3) is 4.30. The molecule has 0 aliphatic heterocycles. The van der Waals surface area contributed by atoms with Gasteiger partial charge in [-0.25, -0.2) is 0 Å². The molecule has 0 aliphatic rings. The van der Waals surface area contributed by atoms with Gasteiger partial charge in [-0.1, -0.05) is 30.3 Å². The van der Waals surface area contributed by atoms with Crippen LogP contribution in [0.3, 0.4) is 0 Å². The molecule has 2 rings (SSSR count). The van der Waals surface area contributed by atoms with Gasteiger partial charge in [0.15, 0.2) is 5.75 Å². The first kappa shape index (κ1) is 15.0. The maximum absolute atomic E-state index is 11.0. The second-order valence-electron chi connectivity index (χ2n) is 4.27. The molecule has 2 N–H and O–H groups in total. The predicted molar refractivity (Wildman–Crippen MR) is 78.4 cm³/mol. The summed E-state index contributed by atoms with van der Waals surface area (Å²) in [4.78, 5) is 11.0. The molecule has 110 valence electrons. The second-order valence-corrected chi connectivity index (χ2v) is 5.29. The zero-order valence-corrected chi connectivity index (χ0v) is 11.9. The third-order valence-corrected chi connectivity index (χ3v) is 2.99. The van der Waals surface area contributed by atoms with Gasteiger partial charge in [-0.3, -0.25) is 9.35 Å². The lowest BCUT2D eigenvalue weighted by Gasteiger charge is -2.09. The van der Waals surface area contributed by atoms with Crippen LogP contribution in [-0.2, 0) is 15.2 Å². The fourth-order valence-electron chi connectivity index (χ4n) is 1.83. The molecule has 21 heavy (non-hydrogen) atoms.